The van der Waals surface area contributed by atoms with Gasteiger partial charge in [0.15, 0.2) is 0 Å². The van der Waals surface area contributed by atoms with Gasteiger partial charge in [-0.2, -0.15) is 0 Å². The van der Waals surface area contributed by atoms with Crippen LogP contribution in [0.2, 0.25) is 0 Å². The highest BCUT2D eigenvalue weighted by molar-refractivity contribution is 5.76. The predicted octanol–water partition coefficient (Wildman–Crippen LogP) is 1.54. The molecule has 0 aromatic heterocycles. The van der Waals surface area contributed by atoms with Gasteiger partial charge in [0, 0.05) is 20.7 Å². The van der Waals surface area contributed by atoms with Gasteiger partial charge in [-0.15, -0.1) is 0 Å². The summed E-state index contributed by atoms with van der Waals surface area (Å²) in [7, 11) is 3.42. The van der Waals surface area contributed by atoms with Crippen molar-refractivity contribution in [2.24, 2.45) is 0 Å². The molecule has 4 nitrogen and oxygen atoms in total. The molecule has 0 aliphatic heterocycles. The van der Waals surface area contributed by atoms with Crippen molar-refractivity contribution >= 4 is 5.91 Å². The smallest absolute Gasteiger partial charge is 0.248 e. The van der Waals surface area contributed by atoms with Crippen LogP contribution in [0.1, 0.15) is 27.2 Å². The number of rotatable bonds is 7. The Hall–Kier alpha value is -0.610. The number of ether oxygens (including phenoxy) is 2. The molecule has 4 heteroatoms. The van der Waals surface area contributed by atoms with Gasteiger partial charge >= 0.3 is 0 Å². The first-order valence-corrected chi connectivity index (χ1v) is 5.54. The van der Waals surface area contributed by atoms with Crippen LogP contribution in [0.25, 0.3) is 0 Å². The summed E-state index contributed by atoms with van der Waals surface area (Å²) in [5.74, 6) is -0.0181. The van der Waals surface area contributed by atoms with Crippen LogP contribution in [0.3, 0.4) is 0 Å². The topological polar surface area (TPSA) is 38.8 Å². The lowest BCUT2D eigenvalue weighted by atomic mass is 10.5. The van der Waals surface area contributed by atoms with Crippen molar-refractivity contribution in [2.45, 2.75) is 27.2 Å². The molecule has 0 spiro atoms. The van der Waals surface area contributed by atoms with Gasteiger partial charge in [0.1, 0.15) is 6.61 Å². The van der Waals surface area contributed by atoms with E-state index in [0.29, 0.717) is 13.2 Å². The van der Waals surface area contributed by atoms with Crippen LogP contribution in [0, 0.1) is 0 Å². The molecule has 0 atom stereocenters. The number of hydrogen-bond donors (Lipinski definition) is 0. The van der Waals surface area contributed by atoms with Gasteiger partial charge in [0.2, 0.25) is 5.91 Å². The Morgan fingerprint density at radius 2 is 1.60 bits per heavy atom. The molecule has 0 saturated carbocycles. The van der Waals surface area contributed by atoms with Crippen LogP contribution in [0.5, 0.6) is 0 Å². The number of carbonyl (C=O) groups is 1. The zero-order valence-electron chi connectivity index (χ0n) is 10.7. The van der Waals surface area contributed by atoms with Crippen molar-refractivity contribution in [2.75, 3.05) is 40.5 Å². The van der Waals surface area contributed by atoms with Gasteiger partial charge in [-0.25, -0.2) is 0 Å². The van der Waals surface area contributed by atoms with Gasteiger partial charge in [0.05, 0.1) is 13.2 Å². The molecule has 0 radical (unpaired) electrons. The summed E-state index contributed by atoms with van der Waals surface area (Å²) in [6.45, 7) is 8.00. The maximum atomic E-state index is 11.0. The van der Waals surface area contributed by atoms with Crippen molar-refractivity contribution in [1.29, 1.82) is 0 Å². The van der Waals surface area contributed by atoms with Gasteiger partial charge in [-0.05, 0) is 6.42 Å². The fraction of sp³-hybridized carbons (Fsp3) is 0.909. The van der Waals surface area contributed by atoms with Crippen molar-refractivity contribution in [3.05, 3.63) is 0 Å². The Balaban J connectivity index is 0. The van der Waals surface area contributed by atoms with E-state index in [-0.39, 0.29) is 12.5 Å². The minimum Gasteiger partial charge on any atom is -0.379 e. The number of likely N-dealkylation sites (N-methyl/N-ethyl adjacent to an activating group) is 1. The van der Waals surface area contributed by atoms with Gasteiger partial charge in [0.25, 0.3) is 0 Å². The third-order valence-electron chi connectivity index (χ3n) is 1.44. The van der Waals surface area contributed by atoms with E-state index in [4.69, 9.17) is 9.47 Å². The first-order valence-electron chi connectivity index (χ1n) is 5.54. The fourth-order valence-electron chi connectivity index (χ4n) is 0.653. The quantitative estimate of drug-likeness (QED) is 0.610. The number of hydrogen-bond acceptors (Lipinski definition) is 3. The highest BCUT2D eigenvalue weighted by Crippen LogP contribution is 1.84. The van der Waals surface area contributed by atoms with Gasteiger partial charge in [-0.1, -0.05) is 20.8 Å². The largest absolute Gasteiger partial charge is 0.379 e. The predicted molar refractivity (Wildman–Crippen MR) is 62.0 cm³/mol. The Bertz CT molecular complexity index is 138. The highest BCUT2D eigenvalue weighted by Gasteiger charge is 2.02. The molecule has 0 fully saturated rings. The van der Waals surface area contributed by atoms with E-state index in [1.54, 1.807) is 14.1 Å². The first-order chi connectivity index (χ1) is 7.18. The lowest BCUT2D eigenvalue weighted by Crippen LogP contribution is -2.26. The van der Waals surface area contributed by atoms with Gasteiger partial charge in [-0.3, -0.25) is 4.79 Å². The second kappa shape index (κ2) is 13.4. The standard InChI is InChI=1S/C9H19NO3.C2H6/c1-4-5-12-6-7-13-8-9(11)10(2)3;1-2/h4-8H2,1-3H3;1-2H3. The van der Waals surface area contributed by atoms with Gasteiger partial charge < -0.3 is 14.4 Å². The van der Waals surface area contributed by atoms with E-state index in [1.807, 2.05) is 13.8 Å². The molecule has 0 unspecified atom stereocenters. The van der Waals surface area contributed by atoms with E-state index >= 15 is 0 Å². The average Bonchev–Trinajstić information content (AvgIpc) is 2.25. The van der Waals surface area contributed by atoms with Crippen LogP contribution < -0.4 is 0 Å². The fourth-order valence-corrected chi connectivity index (χ4v) is 0.653. The summed E-state index contributed by atoms with van der Waals surface area (Å²) >= 11 is 0. The molecule has 0 aromatic carbocycles. The van der Waals surface area contributed by atoms with Crippen LogP contribution in [-0.2, 0) is 14.3 Å². The Morgan fingerprint density at radius 3 is 2.07 bits per heavy atom. The first kappa shape index (κ1) is 16.8. The van der Waals surface area contributed by atoms with Crippen molar-refractivity contribution < 1.29 is 14.3 Å². The van der Waals surface area contributed by atoms with Crippen LogP contribution in [0.15, 0.2) is 0 Å². The zero-order valence-corrected chi connectivity index (χ0v) is 10.7. The average molecular weight is 219 g/mol. The van der Waals surface area contributed by atoms with Crippen LogP contribution in [-0.4, -0.2) is 51.3 Å². The van der Waals surface area contributed by atoms with Crippen LogP contribution >= 0.6 is 0 Å². The third kappa shape index (κ3) is 13.4. The molecule has 0 heterocycles. The summed E-state index contributed by atoms with van der Waals surface area (Å²) in [5.41, 5.74) is 0. The Morgan fingerprint density at radius 1 is 1.07 bits per heavy atom. The van der Waals surface area contributed by atoms with Crippen molar-refractivity contribution in [3.63, 3.8) is 0 Å². The summed E-state index contributed by atoms with van der Waals surface area (Å²) in [6, 6.07) is 0. The Labute approximate surface area is 93.5 Å². The molecule has 0 aliphatic rings. The summed E-state index contributed by atoms with van der Waals surface area (Å²) in [5, 5.41) is 0. The molecule has 0 aliphatic carbocycles. The monoisotopic (exact) mass is 219 g/mol. The van der Waals surface area contributed by atoms with E-state index < -0.39 is 0 Å². The highest BCUT2D eigenvalue weighted by atomic mass is 16.5. The minimum absolute atomic E-state index is 0.0181. The number of amides is 1. The normalized spacial score (nSPS) is 9.13. The summed E-state index contributed by atoms with van der Waals surface area (Å²) in [4.78, 5) is 12.5. The molecule has 92 valence electrons. The number of nitrogens with zero attached hydrogens (tertiary/aromatic N) is 1. The molecule has 0 aromatic rings. The Kier molecular flexibility index (Phi) is 15.0. The third-order valence-corrected chi connectivity index (χ3v) is 1.44. The lowest BCUT2D eigenvalue weighted by molar-refractivity contribution is -0.134. The zero-order chi connectivity index (χ0) is 12.1. The maximum Gasteiger partial charge on any atom is 0.248 e. The molecule has 0 saturated heterocycles. The maximum absolute atomic E-state index is 11.0. The molecule has 0 rings (SSSR count). The molecule has 1 amide bonds. The molecule has 0 N–H and O–H groups in total. The second-order valence-electron chi connectivity index (χ2n) is 2.95. The van der Waals surface area contributed by atoms with Crippen molar-refractivity contribution in [3.8, 4) is 0 Å². The van der Waals surface area contributed by atoms with Crippen molar-refractivity contribution in [1.82, 2.24) is 4.90 Å². The van der Waals surface area contributed by atoms with E-state index in [9.17, 15) is 4.79 Å². The van der Waals surface area contributed by atoms with E-state index in [1.165, 1.54) is 4.90 Å². The molecule has 0 bridgehead atoms. The minimum atomic E-state index is -0.0181. The van der Waals surface area contributed by atoms with E-state index in [0.717, 1.165) is 13.0 Å². The molecular weight excluding hydrogens is 194 g/mol. The SMILES string of the molecule is CC.CCCOCCOCC(=O)N(C)C. The van der Waals surface area contributed by atoms with Crippen LogP contribution in [0.4, 0.5) is 0 Å². The number of carbonyl (C=O) groups excluding carboxylic acids is 1. The molecule has 15 heavy (non-hydrogen) atoms. The lowest BCUT2D eigenvalue weighted by Gasteiger charge is -2.10. The molecular formula is C11H25NO3. The summed E-state index contributed by atoms with van der Waals surface area (Å²) < 4.78 is 10.3. The second-order valence-corrected chi connectivity index (χ2v) is 2.95. The summed E-state index contributed by atoms with van der Waals surface area (Å²) in [6.07, 6.45) is 1.01. The van der Waals surface area contributed by atoms with E-state index in [2.05, 4.69) is 6.92 Å².